The molecular weight excluding hydrogens is 316 g/mol. The van der Waals surface area contributed by atoms with E-state index in [-0.39, 0.29) is 5.56 Å². The van der Waals surface area contributed by atoms with E-state index in [4.69, 9.17) is 4.43 Å². The Morgan fingerprint density at radius 2 is 1.75 bits per heavy atom. The number of nitrogens with zero attached hydrogens (tertiary/aromatic N) is 2. The maximum Gasteiger partial charge on any atom is 0.266 e. The van der Waals surface area contributed by atoms with Crippen LogP contribution in [0.15, 0.2) is 47.3 Å². The number of hydrogen-bond donors (Lipinski definition) is 0. The molecule has 1 heterocycles. The molecule has 0 bridgehead atoms. The molecule has 2 aromatic carbocycles. The first-order valence-corrected chi connectivity index (χ1v) is 11.5. The molecule has 0 unspecified atom stereocenters. The van der Waals surface area contributed by atoms with Gasteiger partial charge in [-0.2, -0.15) is 0 Å². The number of fused-ring (bicyclic) bond motifs is 1. The van der Waals surface area contributed by atoms with E-state index in [1.54, 1.807) is 4.57 Å². The molecule has 0 amide bonds. The summed E-state index contributed by atoms with van der Waals surface area (Å²) in [7, 11) is -1.73. The van der Waals surface area contributed by atoms with E-state index in [1.807, 2.05) is 56.3 Å². The highest BCUT2D eigenvalue weighted by Crippen LogP contribution is 2.22. The molecule has 0 aliphatic carbocycles. The topological polar surface area (TPSA) is 44.1 Å². The van der Waals surface area contributed by atoms with E-state index >= 15 is 0 Å². The van der Waals surface area contributed by atoms with Gasteiger partial charge in [0.25, 0.3) is 5.56 Å². The van der Waals surface area contributed by atoms with Crippen LogP contribution < -0.4 is 9.99 Å². The Morgan fingerprint density at radius 1 is 1.04 bits per heavy atom. The van der Waals surface area contributed by atoms with E-state index in [1.165, 1.54) is 0 Å². The molecular formula is C19H22N2O2Si. The first-order valence-electron chi connectivity index (χ1n) is 8.05. The summed E-state index contributed by atoms with van der Waals surface area (Å²) in [6.45, 7) is 10.2. The van der Waals surface area contributed by atoms with Crippen molar-refractivity contribution >= 4 is 19.2 Å². The van der Waals surface area contributed by atoms with Gasteiger partial charge in [0, 0.05) is 0 Å². The number of aryl methyl sites for hydroxylation is 2. The number of rotatable bonds is 3. The average molecular weight is 338 g/mol. The van der Waals surface area contributed by atoms with Crippen molar-refractivity contribution in [1.29, 1.82) is 0 Å². The molecule has 24 heavy (non-hydrogen) atoms. The fourth-order valence-electron chi connectivity index (χ4n) is 2.79. The van der Waals surface area contributed by atoms with Crippen LogP contribution in [0.1, 0.15) is 11.4 Å². The van der Waals surface area contributed by atoms with Gasteiger partial charge in [-0.05, 0) is 63.3 Å². The van der Waals surface area contributed by atoms with Crippen LogP contribution in [-0.2, 0) is 0 Å². The predicted molar refractivity (Wildman–Crippen MR) is 101 cm³/mol. The second-order valence-electron chi connectivity index (χ2n) is 6.98. The second kappa shape index (κ2) is 5.91. The monoisotopic (exact) mass is 338 g/mol. The van der Waals surface area contributed by atoms with Crippen LogP contribution >= 0.6 is 0 Å². The molecule has 0 saturated carbocycles. The van der Waals surface area contributed by atoms with E-state index in [2.05, 4.69) is 24.6 Å². The van der Waals surface area contributed by atoms with Crippen LogP contribution in [0.5, 0.6) is 5.75 Å². The zero-order chi connectivity index (χ0) is 17.5. The van der Waals surface area contributed by atoms with Gasteiger partial charge in [0.2, 0.25) is 8.32 Å². The van der Waals surface area contributed by atoms with Gasteiger partial charge in [0.15, 0.2) is 0 Å². The average Bonchev–Trinajstić information content (AvgIpc) is 2.48. The van der Waals surface area contributed by atoms with Crippen LogP contribution in [0, 0.1) is 13.8 Å². The molecule has 0 aliphatic heterocycles. The third kappa shape index (κ3) is 3.12. The zero-order valence-corrected chi connectivity index (χ0v) is 15.8. The Hall–Kier alpha value is -2.40. The van der Waals surface area contributed by atoms with E-state index in [0.717, 1.165) is 17.0 Å². The van der Waals surface area contributed by atoms with E-state index in [9.17, 15) is 4.79 Å². The standard InChI is InChI=1S/C19H22N2O2Si/c1-13-8-6-7-9-18(13)21-14(2)20-17-11-10-15(23-24(3,4)5)12-16(17)19(21)22/h6-12H,1-5H3. The summed E-state index contributed by atoms with van der Waals surface area (Å²) >= 11 is 0. The van der Waals surface area contributed by atoms with Crippen molar-refractivity contribution in [2.24, 2.45) is 0 Å². The smallest absolute Gasteiger partial charge is 0.266 e. The zero-order valence-electron chi connectivity index (χ0n) is 14.8. The summed E-state index contributed by atoms with van der Waals surface area (Å²) in [5.74, 6) is 1.42. The molecule has 0 aliphatic rings. The van der Waals surface area contributed by atoms with Crippen molar-refractivity contribution < 1.29 is 4.43 Å². The fourth-order valence-corrected chi connectivity index (χ4v) is 3.62. The quantitative estimate of drug-likeness (QED) is 0.672. The summed E-state index contributed by atoms with van der Waals surface area (Å²) in [6.07, 6.45) is 0. The highest BCUT2D eigenvalue weighted by atomic mass is 28.4. The van der Waals surface area contributed by atoms with Gasteiger partial charge < -0.3 is 4.43 Å². The number of benzene rings is 2. The van der Waals surface area contributed by atoms with Gasteiger partial charge in [0.1, 0.15) is 11.6 Å². The lowest BCUT2D eigenvalue weighted by Gasteiger charge is -2.19. The van der Waals surface area contributed by atoms with Crippen LogP contribution in [0.2, 0.25) is 19.6 Å². The van der Waals surface area contributed by atoms with E-state index in [0.29, 0.717) is 16.7 Å². The minimum atomic E-state index is -1.73. The van der Waals surface area contributed by atoms with Gasteiger partial charge in [0.05, 0.1) is 16.6 Å². The van der Waals surface area contributed by atoms with E-state index < -0.39 is 8.32 Å². The normalized spacial score (nSPS) is 11.7. The molecule has 0 saturated heterocycles. The van der Waals surface area contributed by atoms with Crippen molar-refractivity contribution in [3.8, 4) is 11.4 Å². The van der Waals surface area contributed by atoms with Crippen LogP contribution in [0.4, 0.5) is 0 Å². The molecule has 124 valence electrons. The molecule has 1 aromatic heterocycles. The largest absolute Gasteiger partial charge is 0.544 e. The Bertz CT molecular complexity index is 971. The maximum absolute atomic E-state index is 13.1. The van der Waals surface area contributed by atoms with Crippen molar-refractivity contribution in [1.82, 2.24) is 9.55 Å². The van der Waals surface area contributed by atoms with Gasteiger partial charge in [-0.3, -0.25) is 9.36 Å². The summed E-state index contributed by atoms with van der Waals surface area (Å²) in [6, 6.07) is 13.4. The highest BCUT2D eigenvalue weighted by Gasteiger charge is 2.18. The molecule has 0 N–H and O–H groups in total. The van der Waals surface area contributed by atoms with Gasteiger partial charge in [-0.1, -0.05) is 18.2 Å². The minimum Gasteiger partial charge on any atom is -0.544 e. The van der Waals surface area contributed by atoms with Crippen LogP contribution in [-0.4, -0.2) is 17.9 Å². The minimum absolute atomic E-state index is 0.0622. The van der Waals surface area contributed by atoms with Crippen LogP contribution in [0.3, 0.4) is 0 Å². The molecule has 0 atom stereocenters. The van der Waals surface area contributed by atoms with Crippen molar-refractivity contribution in [3.05, 3.63) is 64.2 Å². The number of aromatic nitrogens is 2. The van der Waals surface area contributed by atoms with Crippen molar-refractivity contribution in [2.45, 2.75) is 33.5 Å². The van der Waals surface area contributed by atoms with Gasteiger partial charge in [-0.15, -0.1) is 0 Å². The summed E-state index contributed by atoms with van der Waals surface area (Å²) in [5.41, 5.74) is 2.54. The lowest BCUT2D eigenvalue weighted by molar-refractivity contribution is 0.558. The van der Waals surface area contributed by atoms with Crippen LogP contribution in [0.25, 0.3) is 16.6 Å². The Kier molecular flexibility index (Phi) is 4.05. The number of para-hydroxylation sites is 1. The molecule has 0 spiro atoms. The number of hydrogen-bond acceptors (Lipinski definition) is 3. The highest BCUT2D eigenvalue weighted by molar-refractivity contribution is 6.70. The fraction of sp³-hybridized carbons (Fsp3) is 0.263. The SMILES string of the molecule is Cc1ccccc1-n1c(C)nc2ccc(O[Si](C)(C)C)cc2c1=O. The molecule has 3 rings (SSSR count). The lowest BCUT2D eigenvalue weighted by atomic mass is 10.2. The summed E-state index contributed by atoms with van der Waals surface area (Å²) < 4.78 is 7.70. The second-order valence-corrected chi connectivity index (χ2v) is 11.4. The first kappa shape index (κ1) is 16.5. The Labute approximate surface area is 142 Å². The molecule has 5 heteroatoms. The maximum atomic E-state index is 13.1. The third-order valence-electron chi connectivity index (χ3n) is 3.79. The third-order valence-corrected chi connectivity index (χ3v) is 4.64. The van der Waals surface area contributed by atoms with Gasteiger partial charge in [-0.25, -0.2) is 4.98 Å². The molecule has 0 radical (unpaired) electrons. The molecule has 3 aromatic rings. The Balaban J connectivity index is 2.25. The van der Waals surface area contributed by atoms with Gasteiger partial charge >= 0.3 is 0 Å². The summed E-state index contributed by atoms with van der Waals surface area (Å²) in [5, 5.41) is 0.583. The van der Waals surface area contributed by atoms with Crippen molar-refractivity contribution in [3.63, 3.8) is 0 Å². The van der Waals surface area contributed by atoms with Crippen molar-refractivity contribution in [2.75, 3.05) is 0 Å². The first-order chi connectivity index (χ1) is 11.3. The molecule has 0 fully saturated rings. The summed E-state index contributed by atoms with van der Waals surface area (Å²) in [4.78, 5) is 17.7. The predicted octanol–water partition coefficient (Wildman–Crippen LogP) is 4.22. The Morgan fingerprint density at radius 3 is 2.42 bits per heavy atom. The molecule has 4 nitrogen and oxygen atoms in total. The lowest BCUT2D eigenvalue weighted by Crippen LogP contribution is -2.29.